The van der Waals surface area contributed by atoms with Crippen molar-refractivity contribution in [3.05, 3.63) is 35.4 Å². The molecule has 28 heavy (non-hydrogen) atoms. The van der Waals surface area contributed by atoms with Crippen LogP contribution in [0.1, 0.15) is 62.3 Å². The number of benzene rings is 1. The molecule has 0 spiro atoms. The van der Waals surface area contributed by atoms with Crippen LogP contribution >= 0.6 is 7.60 Å². The first-order valence-corrected chi connectivity index (χ1v) is 11.1. The normalized spacial score (nSPS) is 14.2. The van der Waals surface area contributed by atoms with E-state index in [2.05, 4.69) is 0 Å². The first-order chi connectivity index (χ1) is 12.7. The van der Waals surface area contributed by atoms with Crippen molar-refractivity contribution >= 4 is 19.5 Å². The molecule has 0 aliphatic carbocycles. The number of rotatable bonds is 9. The van der Waals surface area contributed by atoms with Gasteiger partial charge < -0.3 is 18.5 Å². The molecule has 0 aliphatic rings. The maximum Gasteiger partial charge on any atom is 0.338 e. The molecular weight excluding hydrogens is 383 g/mol. The lowest BCUT2D eigenvalue weighted by atomic mass is 9.96. The average molecular weight is 414 g/mol. The SMILES string of the molecule is CCOP(C)(=O)OCC(C)(C)COC(=O)c1ccc(C(=O)OC(C)(C)C)cc1. The summed E-state index contributed by atoms with van der Waals surface area (Å²) in [6.07, 6.45) is 0. The van der Waals surface area contributed by atoms with E-state index in [0.29, 0.717) is 17.7 Å². The maximum atomic E-state index is 12.2. The Morgan fingerprint density at radius 3 is 1.86 bits per heavy atom. The summed E-state index contributed by atoms with van der Waals surface area (Å²) in [5, 5.41) is 0. The summed E-state index contributed by atoms with van der Waals surface area (Å²) in [5.41, 5.74) is -0.462. The topological polar surface area (TPSA) is 88.1 Å². The predicted molar refractivity (Wildman–Crippen MR) is 107 cm³/mol. The molecule has 0 N–H and O–H groups in total. The minimum absolute atomic E-state index is 0.0752. The lowest BCUT2D eigenvalue weighted by Gasteiger charge is -2.25. The van der Waals surface area contributed by atoms with E-state index in [4.69, 9.17) is 18.5 Å². The summed E-state index contributed by atoms with van der Waals surface area (Å²) in [5.74, 6) is -0.975. The third-order valence-electron chi connectivity index (χ3n) is 3.40. The van der Waals surface area contributed by atoms with Gasteiger partial charge in [0.25, 0.3) is 0 Å². The Morgan fingerprint density at radius 2 is 1.39 bits per heavy atom. The number of carbonyl (C=O) groups excluding carboxylic acids is 2. The monoisotopic (exact) mass is 414 g/mol. The van der Waals surface area contributed by atoms with Crippen molar-refractivity contribution in [1.29, 1.82) is 0 Å². The Morgan fingerprint density at radius 1 is 0.893 bits per heavy atom. The first kappa shape index (κ1) is 24.3. The fourth-order valence-electron chi connectivity index (χ4n) is 2.03. The highest BCUT2D eigenvalue weighted by molar-refractivity contribution is 7.52. The van der Waals surface area contributed by atoms with Crippen LogP contribution in [0, 0.1) is 5.41 Å². The number of ether oxygens (including phenoxy) is 2. The second-order valence-electron chi connectivity index (χ2n) is 8.28. The molecule has 1 atom stereocenters. The smallest absolute Gasteiger partial charge is 0.338 e. The van der Waals surface area contributed by atoms with Gasteiger partial charge in [0.1, 0.15) is 5.60 Å². The number of esters is 2. The van der Waals surface area contributed by atoms with Crippen LogP contribution in [0.25, 0.3) is 0 Å². The highest BCUT2D eigenvalue weighted by atomic mass is 31.2. The Bertz CT molecular complexity index is 717. The summed E-state index contributed by atoms with van der Waals surface area (Å²) in [4.78, 5) is 24.3. The molecule has 1 unspecified atom stereocenters. The third-order valence-corrected chi connectivity index (χ3v) is 4.73. The number of hydrogen-bond acceptors (Lipinski definition) is 7. The van der Waals surface area contributed by atoms with Gasteiger partial charge >= 0.3 is 19.5 Å². The Hall–Kier alpha value is -1.69. The van der Waals surface area contributed by atoms with Crippen LogP contribution in [0.2, 0.25) is 0 Å². The Labute approximate surface area is 167 Å². The molecule has 0 saturated heterocycles. The largest absolute Gasteiger partial charge is 0.461 e. The van der Waals surface area contributed by atoms with E-state index in [1.54, 1.807) is 27.7 Å². The van der Waals surface area contributed by atoms with Crippen molar-refractivity contribution in [2.24, 2.45) is 5.41 Å². The van der Waals surface area contributed by atoms with Crippen LogP contribution in [0.4, 0.5) is 0 Å². The molecule has 0 fully saturated rings. The molecule has 0 radical (unpaired) electrons. The summed E-state index contributed by atoms with van der Waals surface area (Å²) in [6.45, 7) is 12.6. The molecule has 0 aromatic heterocycles. The van der Waals surface area contributed by atoms with Crippen LogP contribution < -0.4 is 0 Å². The minimum atomic E-state index is -3.11. The van der Waals surface area contributed by atoms with Crippen molar-refractivity contribution < 1.29 is 32.7 Å². The molecule has 0 aliphatic heterocycles. The van der Waals surface area contributed by atoms with Gasteiger partial charge in [-0.25, -0.2) is 9.59 Å². The first-order valence-electron chi connectivity index (χ1n) is 9.12. The van der Waals surface area contributed by atoms with Gasteiger partial charge in [-0.3, -0.25) is 4.57 Å². The van der Waals surface area contributed by atoms with Gasteiger partial charge in [0.05, 0.1) is 30.9 Å². The Balaban J connectivity index is 2.61. The standard InChI is InChI=1S/C20H31O7P/c1-8-25-28(7,23)26-14-20(5,6)13-24-17(21)15-9-11-16(12-10-15)18(22)27-19(2,3)4/h9-12H,8,13-14H2,1-7H3. The van der Waals surface area contributed by atoms with E-state index in [9.17, 15) is 14.2 Å². The zero-order valence-electron chi connectivity index (χ0n) is 17.7. The van der Waals surface area contributed by atoms with Crippen LogP contribution in [-0.2, 0) is 23.1 Å². The molecule has 158 valence electrons. The van der Waals surface area contributed by atoms with Gasteiger partial charge in [-0.05, 0) is 52.0 Å². The van der Waals surface area contributed by atoms with E-state index in [-0.39, 0.29) is 13.2 Å². The summed E-state index contributed by atoms with van der Waals surface area (Å²) < 4.78 is 33.0. The summed E-state index contributed by atoms with van der Waals surface area (Å²) in [6, 6.07) is 6.07. The van der Waals surface area contributed by atoms with Gasteiger partial charge in [0.15, 0.2) is 0 Å². The molecule has 0 amide bonds. The maximum absolute atomic E-state index is 12.2. The zero-order valence-corrected chi connectivity index (χ0v) is 18.6. The highest BCUT2D eigenvalue weighted by Crippen LogP contribution is 2.45. The molecule has 1 rings (SSSR count). The summed E-state index contributed by atoms with van der Waals surface area (Å²) in [7, 11) is -3.11. The average Bonchev–Trinajstić information content (AvgIpc) is 2.57. The molecule has 1 aromatic rings. The molecular formula is C20H31O7P. The molecule has 1 aromatic carbocycles. The van der Waals surface area contributed by atoms with Gasteiger partial charge in [0.2, 0.25) is 0 Å². The third kappa shape index (κ3) is 9.00. The van der Waals surface area contributed by atoms with Crippen LogP contribution in [0.3, 0.4) is 0 Å². The molecule has 0 heterocycles. The highest BCUT2D eigenvalue weighted by Gasteiger charge is 2.26. The van der Waals surface area contributed by atoms with Gasteiger partial charge in [-0.15, -0.1) is 0 Å². The van der Waals surface area contributed by atoms with Crippen molar-refractivity contribution in [3.63, 3.8) is 0 Å². The Kier molecular flexibility index (Phi) is 8.42. The fraction of sp³-hybridized carbons (Fsp3) is 0.600. The quantitative estimate of drug-likeness (QED) is 0.427. The lowest BCUT2D eigenvalue weighted by Crippen LogP contribution is -2.27. The molecule has 0 saturated carbocycles. The minimum Gasteiger partial charge on any atom is -0.461 e. The van der Waals surface area contributed by atoms with E-state index >= 15 is 0 Å². The molecule has 7 nitrogen and oxygen atoms in total. The van der Waals surface area contributed by atoms with Crippen molar-refractivity contribution in [2.45, 2.75) is 47.1 Å². The van der Waals surface area contributed by atoms with E-state index in [1.807, 2.05) is 13.8 Å². The van der Waals surface area contributed by atoms with Crippen LogP contribution in [0.15, 0.2) is 24.3 Å². The lowest BCUT2D eigenvalue weighted by molar-refractivity contribution is 0.00681. The van der Waals surface area contributed by atoms with Crippen molar-refractivity contribution in [1.82, 2.24) is 0 Å². The van der Waals surface area contributed by atoms with Crippen molar-refractivity contribution in [3.8, 4) is 0 Å². The second kappa shape index (κ2) is 9.68. The van der Waals surface area contributed by atoms with Crippen molar-refractivity contribution in [2.75, 3.05) is 26.5 Å². The van der Waals surface area contributed by atoms with E-state index in [0.717, 1.165) is 0 Å². The van der Waals surface area contributed by atoms with Crippen LogP contribution in [0.5, 0.6) is 0 Å². The van der Waals surface area contributed by atoms with Gasteiger partial charge in [-0.1, -0.05) is 13.8 Å². The summed E-state index contributed by atoms with van der Waals surface area (Å²) >= 11 is 0. The van der Waals surface area contributed by atoms with Gasteiger partial charge in [-0.2, -0.15) is 0 Å². The predicted octanol–water partition coefficient (Wildman–Crippen LogP) is 4.70. The fourth-order valence-corrected chi connectivity index (χ4v) is 3.16. The molecule has 0 bridgehead atoms. The van der Waals surface area contributed by atoms with E-state index < -0.39 is 30.6 Å². The second-order valence-corrected chi connectivity index (χ2v) is 10.3. The number of carbonyl (C=O) groups is 2. The van der Waals surface area contributed by atoms with Gasteiger partial charge in [0, 0.05) is 12.1 Å². The van der Waals surface area contributed by atoms with E-state index in [1.165, 1.54) is 30.9 Å². The van der Waals surface area contributed by atoms with Crippen LogP contribution in [-0.4, -0.2) is 44.0 Å². The zero-order chi connectivity index (χ0) is 21.6. The molecule has 8 heteroatoms. The number of hydrogen-bond donors (Lipinski definition) is 0.